The van der Waals surface area contributed by atoms with Crippen LogP contribution in [0.2, 0.25) is 0 Å². The summed E-state index contributed by atoms with van der Waals surface area (Å²) in [6.45, 7) is 1.01. The maximum atomic E-state index is 4.15. The molecule has 1 aliphatic rings. The third-order valence-electron chi connectivity index (χ3n) is 1.40. The molecule has 1 aromatic rings. The quantitative estimate of drug-likeness (QED) is 0.555. The summed E-state index contributed by atoms with van der Waals surface area (Å²) in [5, 5.41) is 0. The second-order valence-electron chi connectivity index (χ2n) is 2.08. The fraction of sp³-hybridized carbons (Fsp3) is 0.333. The van der Waals surface area contributed by atoms with Gasteiger partial charge in [-0.25, -0.2) is 9.97 Å². The van der Waals surface area contributed by atoms with Gasteiger partial charge in [-0.3, -0.25) is 4.72 Å². The molecule has 10 heavy (non-hydrogen) atoms. The maximum Gasteiger partial charge on any atom is 0.115 e. The molecular formula is C6H7N3S. The number of rotatable bonds is 0. The molecule has 1 N–H and O–H groups in total. The molecule has 0 fully saturated rings. The lowest BCUT2D eigenvalue weighted by Crippen LogP contribution is -2.16. The Morgan fingerprint density at radius 3 is 3.50 bits per heavy atom. The molecule has 1 aromatic heterocycles. The monoisotopic (exact) mass is 153 g/mol. The molecule has 2 heterocycles. The molecule has 0 spiro atoms. The van der Waals surface area contributed by atoms with E-state index in [0.29, 0.717) is 0 Å². The van der Waals surface area contributed by atoms with Gasteiger partial charge in [0.25, 0.3) is 0 Å². The van der Waals surface area contributed by atoms with Crippen molar-refractivity contribution in [1.29, 1.82) is 0 Å². The van der Waals surface area contributed by atoms with Gasteiger partial charge in [-0.1, -0.05) is 0 Å². The van der Waals surface area contributed by atoms with Crippen LogP contribution in [-0.2, 0) is 6.42 Å². The molecule has 2 rings (SSSR count). The van der Waals surface area contributed by atoms with E-state index in [4.69, 9.17) is 0 Å². The molecule has 0 bridgehead atoms. The van der Waals surface area contributed by atoms with Gasteiger partial charge in [-0.15, -0.1) is 0 Å². The van der Waals surface area contributed by atoms with E-state index in [1.165, 1.54) is 5.69 Å². The molecular weight excluding hydrogens is 146 g/mol. The number of nitrogens with zero attached hydrogens (tertiary/aromatic N) is 2. The summed E-state index contributed by atoms with van der Waals surface area (Å²) in [4.78, 5) is 9.23. The minimum atomic E-state index is 1.01. The largest absolute Gasteiger partial charge is 0.259 e. The third-order valence-corrected chi connectivity index (χ3v) is 2.31. The minimum absolute atomic E-state index is 1.01. The van der Waals surface area contributed by atoms with Gasteiger partial charge in [-0.05, 0) is 11.9 Å². The molecule has 0 saturated heterocycles. The van der Waals surface area contributed by atoms with Crippen molar-refractivity contribution >= 4 is 11.9 Å². The standard InChI is InChI=1S/C6H7N3S/c1-2-9-10-6-3-7-4-8-5(1)6/h3-4,9H,1-2H2. The maximum absolute atomic E-state index is 4.15. The molecule has 0 aromatic carbocycles. The minimum Gasteiger partial charge on any atom is -0.259 e. The lowest BCUT2D eigenvalue weighted by molar-refractivity contribution is 0.812. The molecule has 0 unspecified atom stereocenters. The van der Waals surface area contributed by atoms with Crippen molar-refractivity contribution in [3.63, 3.8) is 0 Å². The summed E-state index contributed by atoms with van der Waals surface area (Å²) >= 11 is 1.61. The highest BCUT2D eigenvalue weighted by molar-refractivity contribution is 7.97. The van der Waals surface area contributed by atoms with Gasteiger partial charge in [0.2, 0.25) is 0 Å². The van der Waals surface area contributed by atoms with E-state index >= 15 is 0 Å². The highest BCUT2D eigenvalue weighted by atomic mass is 32.2. The summed E-state index contributed by atoms with van der Waals surface area (Å²) in [5.41, 5.74) is 1.17. The zero-order valence-corrected chi connectivity index (χ0v) is 6.19. The van der Waals surface area contributed by atoms with Gasteiger partial charge in [0, 0.05) is 19.2 Å². The molecule has 0 radical (unpaired) electrons. The van der Waals surface area contributed by atoms with Crippen LogP contribution in [0.15, 0.2) is 17.4 Å². The number of aromatic nitrogens is 2. The summed E-state index contributed by atoms with van der Waals surface area (Å²) in [6.07, 6.45) is 4.47. The molecule has 4 heteroatoms. The second-order valence-corrected chi connectivity index (χ2v) is 3.01. The number of nitrogens with one attached hydrogen (secondary N) is 1. The third kappa shape index (κ3) is 0.998. The first kappa shape index (κ1) is 6.12. The van der Waals surface area contributed by atoms with Crippen LogP contribution in [0.3, 0.4) is 0 Å². The summed E-state index contributed by atoms with van der Waals surface area (Å²) < 4.78 is 3.18. The average molecular weight is 153 g/mol. The molecule has 1 aliphatic heterocycles. The van der Waals surface area contributed by atoms with Gasteiger partial charge in [-0.2, -0.15) is 0 Å². The van der Waals surface area contributed by atoms with E-state index in [9.17, 15) is 0 Å². The second kappa shape index (κ2) is 2.56. The Labute approximate surface area is 63.4 Å². The Morgan fingerprint density at radius 1 is 1.60 bits per heavy atom. The van der Waals surface area contributed by atoms with Crippen molar-refractivity contribution in [3.8, 4) is 0 Å². The van der Waals surface area contributed by atoms with Crippen molar-refractivity contribution in [1.82, 2.24) is 14.7 Å². The van der Waals surface area contributed by atoms with Gasteiger partial charge in [0.1, 0.15) is 6.33 Å². The number of fused-ring (bicyclic) bond motifs is 1. The first-order valence-electron chi connectivity index (χ1n) is 3.15. The SMILES string of the molecule is c1ncc2c(n1)CCNS2. The zero-order chi connectivity index (χ0) is 6.81. The van der Waals surface area contributed by atoms with Crippen LogP contribution in [0.1, 0.15) is 5.69 Å². The van der Waals surface area contributed by atoms with Crippen LogP contribution in [-0.4, -0.2) is 16.5 Å². The Bertz CT molecular complexity index is 213. The highest BCUT2D eigenvalue weighted by Gasteiger charge is 2.08. The van der Waals surface area contributed by atoms with Gasteiger partial charge in [0.05, 0.1) is 10.6 Å². The number of hydrogen-bond donors (Lipinski definition) is 1. The summed E-state index contributed by atoms with van der Waals surface area (Å²) in [6, 6.07) is 0. The van der Waals surface area contributed by atoms with E-state index in [0.717, 1.165) is 17.9 Å². The molecule has 0 atom stereocenters. The lowest BCUT2D eigenvalue weighted by atomic mass is 10.3. The van der Waals surface area contributed by atoms with E-state index < -0.39 is 0 Å². The van der Waals surface area contributed by atoms with Gasteiger partial charge >= 0.3 is 0 Å². The highest BCUT2D eigenvalue weighted by Crippen LogP contribution is 2.20. The molecule has 0 aliphatic carbocycles. The van der Waals surface area contributed by atoms with Crippen LogP contribution in [0.5, 0.6) is 0 Å². The summed E-state index contributed by atoms with van der Waals surface area (Å²) in [7, 11) is 0. The van der Waals surface area contributed by atoms with E-state index in [-0.39, 0.29) is 0 Å². The first-order chi connectivity index (χ1) is 4.97. The van der Waals surface area contributed by atoms with Crippen molar-refractivity contribution in [2.45, 2.75) is 11.3 Å². The van der Waals surface area contributed by atoms with Gasteiger partial charge in [0.15, 0.2) is 0 Å². The predicted molar refractivity (Wildman–Crippen MR) is 39.6 cm³/mol. The summed E-state index contributed by atoms with van der Waals surface area (Å²) in [5.74, 6) is 0. The Balaban J connectivity index is 2.41. The Hall–Kier alpha value is -0.610. The first-order valence-corrected chi connectivity index (χ1v) is 3.97. The topological polar surface area (TPSA) is 37.8 Å². The van der Waals surface area contributed by atoms with Crippen LogP contribution in [0.25, 0.3) is 0 Å². The smallest absolute Gasteiger partial charge is 0.115 e. The van der Waals surface area contributed by atoms with Crippen LogP contribution in [0, 0.1) is 0 Å². The fourth-order valence-electron chi connectivity index (χ4n) is 0.913. The molecule has 0 saturated carbocycles. The van der Waals surface area contributed by atoms with E-state index in [2.05, 4.69) is 14.7 Å². The zero-order valence-electron chi connectivity index (χ0n) is 5.37. The van der Waals surface area contributed by atoms with Crippen molar-refractivity contribution in [3.05, 3.63) is 18.2 Å². The van der Waals surface area contributed by atoms with E-state index in [1.807, 2.05) is 6.20 Å². The number of hydrogen-bond acceptors (Lipinski definition) is 4. The van der Waals surface area contributed by atoms with Crippen LogP contribution >= 0.6 is 11.9 Å². The van der Waals surface area contributed by atoms with Gasteiger partial charge < -0.3 is 0 Å². The van der Waals surface area contributed by atoms with E-state index in [1.54, 1.807) is 18.3 Å². The molecule has 52 valence electrons. The Kier molecular flexibility index (Phi) is 1.56. The van der Waals surface area contributed by atoms with Crippen molar-refractivity contribution < 1.29 is 0 Å². The van der Waals surface area contributed by atoms with Crippen LogP contribution < -0.4 is 4.72 Å². The Morgan fingerprint density at radius 2 is 2.60 bits per heavy atom. The van der Waals surface area contributed by atoms with Crippen molar-refractivity contribution in [2.24, 2.45) is 0 Å². The molecule has 3 nitrogen and oxygen atoms in total. The molecule has 0 amide bonds. The predicted octanol–water partition coefficient (Wildman–Crippen LogP) is 0.629. The normalized spacial score (nSPS) is 16.4. The lowest BCUT2D eigenvalue weighted by Gasteiger charge is -2.12. The average Bonchev–Trinajstić information content (AvgIpc) is 2.05. The van der Waals surface area contributed by atoms with Crippen LogP contribution in [0.4, 0.5) is 0 Å². The fourth-order valence-corrected chi connectivity index (χ4v) is 1.66. The van der Waals surface area contributed by atoms with Crippen molar-refractivity contribution in [2.75, 3.05) is 6.54 Å².